The second-order valence-corrected chi connectivity index (χ2v) is 6.82. The number of ether oxygens (including phenoxy) is 1. The van der Waals surface area contributed by atoms with E-state index in [0.29, 0.717) is 23.2 Å². The average Bonchev–Trinajstić information content (AvgIpc) is 2.63. The number of rotatable bonds is 6. The first-order valence-electron chi connectivity index (χ1n) is 7.75. The third-order valence-corrected chi connectivity index (χ3v) is 4.47. The van der Waals surface area contributed by atoms with Crippen molar-refractivity contribution in [2.45, 2.75) is 13.2 Å². The standard InChI is InChI=1S/C20H16Cl3NO/c21-16-5-1-15(2-6-16)13-25-18-8-3-14(4-9-18)12-24-20-11-17(22)7-10-19(20)23/h1-11,24H,12-13H2. The Bertz CT molecular complexity index is 833. The largest absolute Gasteiger partial charge is 0.489 e. The second-order valence-electron chi connectivity index (χ2n) is 5.54. The average molecular weight is 393 g/mol. The van der Waals surface area contributed by atoms with E-state index in [2.05, 4.69) is 5.32 Å². The normalized spacial score (nSPS) is 10.5. The van der Waals surface area contributed by atoms with Gasteiger partial charge in [-0.05, 0) is 53.6 Å². The third kappa shape index (κ3) is 5.30. The smallest absolute Gasteiger partial charge is 0.119 e. The summed E-state index contributed by atoms with van der Waals surface area (Å²) in [6.45, 7) is 1.16. The fraction of sp³-hybridized carbons (Fsp3) is 0.100. The summed E-state index contributed by atoms with van der Waals surface area (Å²) in [5, 5.41) is 5.30. The molecule has 3 aromatic carbocycles. The molecule has 0 radical (unpaired) electrons. The van der Waals surface area contributed by atoms with Crippen molar-refractivity contribution < 1.29 is 4.74 Å². The van der Waals surface area contributed by atoms with Crippen LogP contribution >= 0.6 is 34.8 Å². The Kier molecular flexibility index (Phi) is 6.09. The highest BCUT2D eigenvalue weighted by atomic mass is 35.5. The first kappa shape index (κ1) is 17.9. The minimum atomic E-state index is 0.507. The molecule has 0 bridgehead atoms. The molecule has 128 valence electrons. The molecule has 0 spiro atoms. The minimum absolute atomic E-state index is 0.507. The summed E-state index contributed by atoms with van der Waals surface area (Å²) in [4.78, 5) is 0. The van der Waals surface area contributed by atoms with Crippen molar-refractivity contribution in [1.82, 2.24) is 0 Å². The third-order valence-electron chi connectivity index (χ3n) is 3.65. The highest BCUT2D eigenvalue weighted by molar-refractivity contribution is 6.35. The van der Waals surface area contributed by atoms with Gasteiger partial charge in [0.15, 0.2) is 0 Å². The van der Waals surface area contributed by atoms with Crippen LogP contribution in [0.2, 0.25) is 15.1 Å². The monoisotopic (exact) mass is 391 g/mol. The van der Waals surface area contributed by atoms with E-state index < -0.39 is 0 Å². The van der Waals surface area contributed by atoms with Crippen LogP contribution in [-0.4, -0.2) is 0 Å². The molecule has 5 heteroatoms. The zero-order chi connectivity index (χ0) is 17.6. The zero-order valence-electron chi connectivity index (χ0n) is 13.3. The SMILES string of the molecule is Clc1ccc(COc2ccc(CNc3cc(Cl)ccc3Cl)cc2)cc1. The van der Waals surface area contributed by atoms with E-state index in [4.69, 9.17) is 39.5 Å². The predicted molar refractivity (Wildman–Crippen MR) is 106 cm³/mol. The number of hydrogen-bond donors (Lipinski definition) is 1. The molecular weight excluding hydrogens is 377 g/mol. The Hall–Kier alpha value is -1.87. The zero-order valence-corrected chi connectivity index (χ0v) is 15.6. The second kappa shape index (κ2) is 8.48. The van der Waals surface area contributed by atoms with Crippen molar-refractivity contribution in [3.8, 4) is 5.75 Å². The van der Waals surface area contributed by atoms with Gasteiger partial charge in [0.2, 0.25) is 0 Å². The van der Waals surface area contributed by atoms with E-state index in [1.807, 2.05) is 54.6 Å². The van der Waals surface area contributed by atoms with E-state index in [0.717, 1.165) is 27.6 Å². The molecule has 0 aliphatic rings. The van der Waals surface area contributed by atoms with Crippen molar-refractivity contribution >= 4 is 40.5 Å². The van der Waals surface area contributed by atoms with Gasteiger partial charge in [-0.2, -0.15) is 0 Å². The summed E-state index contributed by atoms with van der Waals surface area (Å²) in [5.41, 5.74) is 3.01. The molecule has 3 aromatic rings. The Morgan fingerprint density at radius 2 is 1.36 bits per heavy atom. The summed E-state index contributed by atoms with van der Waals surface area (Å²) < 4.78 is 5.78. The van der Waals surface area contributed by atoms with Gasteiger partial charge in [0.05, 0.1) is 10.7 Å². The molecule has 0 aliphatic carbocycles. The van der Waals surface area contributed by atoms with Gasteiger partial charge < -0.3 is 10.1 Å². The summed E-state index contributed by atoms with van der Waals surface area (Å²) in [7, 11) is 0. The molecule has 0 saturated carbocycles. The lowest BCUT2D eigenvalue weighted by Gasteiger charge is -2.10. The maximum absolute atomic E-state index is 6.15. The van der Waals surface area contributed by atoms with Gasteiger partial charge >= 0.3 is 0 Å². The van der Waals surface area contributed by atoms with Crippen LogP contribution in [0, 0.1) is 0 Å². The molecule has 2 nitrogen and oxygen atoms in total. The summed E-state index contributed by atoms with van der Waals surface area (Å²) in [5.74, 6) is 0.819. The molecule has 0 fully saturated rings. The van der Waals surface area contributed by atoms with Crippen LogP contribution < -0.4 is 10.1 Å². The maximum Gasteiger partial charge on any atom is 0.119 e. The molecule has 0 aliphatic heterocycles. The van der Waals surface area contributed by atoms with Crippen molar-refractivity contribution in [1.29, 1.82) is 0 Å². The Balaban J connectivity index is 1.55. The van der Waals surface area contributed by atoms with Gasteiger partial charge in [-0.15, -0.1) is 0 Å². The van der Waals surface area contributed by atoms with E-state index in [9.17, 15) is 0 Å². The fourth-order valence-electron chi connectivity index (χ4n) is 2.28. The lowest BCUT2D eigenvalue weighted by Crippen LogP contribution is -2.00. The first-order valence-corrected chi connectivity index (χ1v) is 8.89. The van der Waals surface area contributed by atoms with Crippen LogP contribution in [0.3, 0.4) is 0 Å². The summed E-state index contributed by atoms with van der Waals surface area (Å²) >= 11 is 18.0. The lowest BCUT2D eigenvalue weighted by molar-refractivity contribution is 0.306. The van der Waals surface area contributed by atoms with Crippen molar-refractivity contribution in [2.75, 3.05) is 5.32 Å². The summed E-state index contributed by atoms with van der Waals surface area (Å²) in [6, 6.07) is 20.9. The van der Waals surface area contributed by atoms with E-state index in [1.54, 1.807) is 12.1 Å². The van der Waals surface area contributed by atoms with E-state index >= 15 is 0 Å². The molecule has 0 saturated heterocycles. The first-order chi connectivity index (χ1) is 12.1. The fourth-order valence-corrected chi connectivity index (χ4v) is 2.76. The molecule has 3 rings (SSSR count). The Morgan fingerprint density at radius 3 is 2.08 bits per heavy atom. The lowest BCUT2D eigenvalue weighted by atomic mass is 10.2. The van der Waals surface area contributed by atoms with Crippen LogP contribution in [-0.2, 0) is 13.2 Å². The van der Waals surface area contributed by atoms with Crippen molar-refractivity contribution in [3.05, 3.63) is 92.9 Å². The maximum atomic E-state index is 6.15. The number of benzene rings is 3. The van der Waals surface area contributed by atoms with Crippen LogP contribution in [0.15, 0.2) is 66.7 Å². The number of anilines is 1. The van der Waals surface area contributed by atoms with Gasteiger partial charge in [-0.3, -0.25) is 0 Å². The van der Waals surface area contributed by atoms with Crippen LogP contribution in [0.25, 0.3) is 0 Å². The molecule has 0 heterocycles. The molecule has 0 amide bonds. The predicted octanol–water partition coefficient (Wildman–Crippen LogP) is 6.84. The van der Waals surface area contributed by atoms with Gasteiger partial charge in [0.1, 0.15) is 12.4 Å². The molecule has 0 aromatic heterocycles. The van der Waals surface area contributed by atoms with Crippen LogP contribution in [0.5, 0.6) is 5.75 Å². The van der Waals surface area contributed by atoms with Gasteiger partial charge in [0.25, 0.3) is 0 Å². The van der Waals surface area contributed by atoms with Gasteiger partial charge in [0, 0.05) is 16.6 Å². The van der Waals surface area contributed by atoms with E-state index in [1.165, 1.54) is 0 Å². The quantitative estimate of drug-likeness (QED) is 0.496. The Labute approximate surface area is 162 Å². The van der Waals surface area contributed by atoms with Crippen LogP contribution in [0.4, 0.5) is 5.69 Å². The number of hydrogen-bond acceptors (Lipinski definition) is 2. The Morgan fingerprint density at radius 1 is 0.720 bits per heavy atom. The molecular formula is C20H16Cl3NO. The number of halogens is 3. The van der Waals surface area contributed by atoms with E-state index in [-0.39, 0.29) is 0 Å². The summed E-state index contributed by atoms with van der Waals surface area (Å²) in [6.07, 6.45) is 0. The van der Waals surface area contributed by atoms with Crippen molar-refractivity contribution in [3.63, 3.8) is 0 Å². The molecule has 1 N–H and O–H groups in total. The molecule has 25 heavy (non-hydrogen) atoms. The highest BCUT2D eigenvalue weighted by Crippen LogP contribution is 2.26. The molecule has 0 atom stereocenters. The minimum Gasteiger partial charge on any atom is -0.489 e. The molecule has 0 unspecified atom stereocenters. The van der Waals surface area contributed by atoms with Gasteiger partial charge in [-0.1, -0.05) is 59.1 Å². The topological polar surface area (TPSA) is 21.3 Å². The van der Waals surface area contributed by atoms with Gasteiger partial charge in [-0.25, -0.2) is 0 Å². The highest BCUT2D eigenvalue weighted by Gasteiger charge is 2.02. The van der Waals surface area contributed by atoms with Crippen molar-refractivity contribution in [2.24, 2.45) is 0 Å². The number of nitrogens with one attached hydrogen (secondary N) is 1. The van der Waals surface area contributed by atoms with Crippen LogP contribution in [0.1, 0.15) is 11.1 Å².